The molecular formula is C20H27N3O5S. The van der Waals surface area contributed by atoms with Crippen molar-refractivity contribution in [2.75, 3.05) is 23.0 Å². The number of para-hydroxylation sites is 1. The Labute approximate surface area is 170 Å². The standard InChI is InChI=1S/C20H27N3O5S/c1-13(2)18(20(26)21-15-8-9-29(27,28)12-15)22-19(25)14-10-17(24)23(11-14)16-6-4-3-5-7-16/h3-7,13-15,18H,8-12H2,1-2H3,(H,21,26)(H,22,25)/t14?,15?,18-/m0/s1. The Balaban J connectivity index is 1.61. The van der Waals surface area contributed by atoms with Crippen LogP contribution in [0.5, 0.6) is 0 Å². The lowest BCUT2D eigenvalue weighted by molar-refractivity contribution is -0.132. The molecule has 8 nitrogen and oxygen atoms in total. The zero-order valence-electron chi connectivity index (χ0n) is 16.6. The number of hydrogen-bond donors (Lipinski definition) is 2. The SMILES string of the molecule is CC(C)[C@H](NC(=O)C1CC(=O)N(c2ccccc2)C1)C(=O)NC1CCS(=O)(=O)C1. The highest BCUT2D eigenvalue weighted by atomic mass is 32.2. The molecule has 2 aliphatic heterocycles. The number of nitrogens with one attached hydrogen (secondary N) is 2. The lowest BCUT2D eigenvalue weighted by Gasteiger charge is -2.25. The van der Waals surface area contributed by atoms with Crippen LogP contribution in [0.3, 0.4) is 0 Å². The molecule has 0 spiro atoms. The number of carbonyl (C=O) groups is 3. The molecule has 0 aromatic heterocycles. The number of amides is 3. The molecule has 2 aliphatic rings. The van der Waals surface area contributed by atoms with Crippen LogP contribution in [0.1, 0.15) is 26.7 Å². The van der Waals surface area contributed by atoms with Gasteiger partial charge in [0.15, 0.2) is 9.84 Å². The van der Waals surface area contributed by atoms with Crippen LogP contribution < -0.4 is 15.5 Å². The van der Waals surface area contributed by atoms with Crippen molar-refractivity contribution in [1.82, 2.24) is 10.6 Å². The molecule has 0 radical (unpaired) electrons. The second-order valence-corrected chi connectivity index (χ2v) is 10.3. The molecule has 2 unspecified atom stereocenters. The van der Waals surface area contributed by atoms with Gasteiger partial charge < -0.3 is 15.5 Å². The van der Waals surface area contributed by atoms with Crippen molar-refractivity contribution < 1.29 is 22.8 Å². The Morgan fingerprint density at radius 1 is 1.17 bits per heavy atom. The molecule has 2 fully saturated rings. The van der Waals surface area contributed by atoms with E-state index in [4.69, 9.17) is 0 Å². The maximum atomic E-state index is 12.8. The number of hydrogen-bond acceptors (Lipinski definition) is 5. The van der Waals surface area contributed by atoms with Crippen LogP contribution in [0.2, 0.25) is 0 Å². The zero-order chi connectivity index (χ0) is 21.2. The maximum Gasteiger partial charge on any atom is 0.243 e. The Bertz CT molecular complexity index is 885. The molecule has 29 heavy (non-hydrogen) atoms. The first-order valence-electron chi connectivity index (χ1n) is 9.83. The lowest BCUT2D eigenvalue weighted by atomic mass is 10.0. The number of nitrogens with zero attached hydrogens (tertiary/aromatic N) is 1. The predicted molar refractivity (Wildman–Crippen MR) is 109 cm³/mol. The summed E-state index contributed by atoms with van der Waals surface area (Å²) >= 11 is 0. The molecule has 0 saturated carbocycles. The Kier molecular flexibility index (Phi) is 6.26. The van der Waals surface area contributed by atoms with Crippen molar-refractivity contribution in [1.29, 1.82) is 0 Å². The van der Waals surface area contributed by atoms with Gasteiger partial charge in [-0.3, -0.25) is 14.4 Å². The van der Waals surface area contributed by atoms with Crippen LogP contribution in [-0.4, -0.2) is 56.3 Å². The van der Waals surface area contributed by atoms with Gasteiger partial charge in [-0.1, -0.05) is 32.0 Å². The number of carbonyl (C=O) groups excluding carboxylic acids is 3. The van der Waals surface area contributed by atoms with Crippen LogP contribution in [0.15, 0.2) is 30.3 Å². The van der Waals surface area contributed by atoms with E-state index in [1.54, 1.807) is 4.90 Å². The second-order valence-electron chi connectivity index (χ2n) is 8.08. The Morgan fingerprint density at radius 3 is 2.45 bits per heavy atom. The van der Waals surface area contributed by atoms with E-state index in [0.29, 0.717) is 6.42 Å². The minimum absolute atomic E-state index is 0.0656. The molecule has 2 saturated heterocycles. The predicted octanol–water partition coefficient (Wildman–Crippen LogP) is 0.484. The van der Waals surface area contributed by atoms with E-state index in [2.05, 4.69) is 10.6 Å². The van der Waals surface area contributed by atoms with Gasteiger partial charge in [-0.15, -0.1) is 0 Å². The van der Waals surface area contributed by atoms with Crippen molar-refractivity contribution in [3.63, 3.8) is 0 Å². The molecule has 2 N–H and O–H groups in total. The largest absolute Gasteiger partial charge is 0.351 e. The highest BCUT2D eigenvalue weighted by Gasteiger charge is 2.38. The summed E-state index contributed by atoms with van der Waals surface area (Å²) in [7, 11) is -3.11. The zero-order valence-corrected chi connectivity index (χ0v) is 17.4. The molecule has 1 aromatic rings. The summed E-state index contributed by atoms with van der Waals surface area (Å²) in [5, 5.41) is 5.51. The third kappa shape index (κ3) is 5.14. The van der Waals surface area contributed by atoms with Crippen molar-refractivity contribution >= 4 is 33.2 Å². The third-order valence-electron chi connectivity index (χ3n) is 5.39. The van der Waals surface area contributed by atoms with Gasteiger partial charge in [0, 0.05) is 24.7 Å². The third-order valence-corrected chi connectivity index (χ3v) is 7.16. The summed E-state index contributed by atoms with van der Waals surface area (Å²) in [4.78, 5) is 39.3. The number of benzene rings is 1. The van der Waals surface area contributed by atoms with Gasteiger partial charge in [-0.05, 0) is 24.5 Å². The minimum atomic E-state index is -3.11. The van der Waals surface area contributed by atoms with Gasteiger partial charge in [0.25, 0.3) is 0 Å². The lowest BCUT2D eigenvalue weighted by Crippen LogP contribution is -2.53. The first-order chi connectivity index (χ1) is 13.7. The fraction of sp³-hybridized carbons (Fsp3) is 0.550. The van der Waals surface area contributed by atoms with Crippen LogP contribution in [0, 0.1) is 11.8 Å². The molecule has 3 rings (SSSR count). The van der Waals surface area contributed by atoms with Crippen LogP contribution in [-0.2, 0) is 24.2 Å². The molecule has 2 heterocycles. The fourth-order valence-corrected chi connectivity index (χ4v) is 5.42. The smallest absolute Gasteiger partial charge is 0.243 e. The normalized spacial score (nSPS) is 24.5. The molecule has 3 atom stereocenters. The molecule has 0 bridgehead atoms. The van der Waals surface area contributed by atoms with Crippen LogP contribution >= 0.6 is 0 Å². The Hall–Kier alpha value is -2.42. The van der Waals surface area contributed by atoms with Gasteiger partial charge in [-0.25, -0.2) is 8.42 Å². The summed E-state index contributed by atoms with van der Waals surface area (Å²) in [6.45, 7) is 3.89. The topological polar surface area (TPSA) is 113 Å². The van der Waals surface area contributed by atoms with Gasteiger partial charge >= 0.3 is 0 Å². The summed E-state index contributed by atoms with van der Waals surface area (Å²) in [6.07, 6.45) is 0.476. The molecule has 158 valence electrons. The summed E-state index contributed by atoms with van der Waals surface area (Å²) in [6, 6.07) is 7.95. The summed E-state index contributed by atoms with van der Waals surface area (Å²) in [5.41, 5.74) is 0.744. The summed E-state index contributed by atoms with van der Waals surface area (Å²) < 4.78 is 23.2. The molecule has 1 aromatic carbocycles. The number of anilines is 1. The highest BCUT2D eigenvalue weighted by Crippen LogP contribution is 2.25. The average molecular weight is 422 g/mol. The molecule has 9 heteroatoms. The van der Waals surface area contributed by atoms with E-state index >= 15 is 0 Å². The molecule has 3 amide bonds. The van der Waals surface area contributed by atoms with Crippen LogP contribution in [0.25, 0.3) is 0 Å². The van der Waals surface area contributed by atoms with E-state index in [-0.39, 0.29) is 48.1 Å². The quantitative estimate of drug-likeness (QED) is 0.694. The first-order valence-corrected chi connectivity index (χ1v) is 11.6. The van der Waals surface area contributed by atoms with E-state index < -0.39 is 27.8 Å². The first kappa shape index (κ1) is 21.3. The maximum absolute atomic E-state index is 12.8. The van der Waals surface area contributed by atoms with E-state index in [9.17, 15) is 22.8 Å². The number of sulfone groups is 1. The van der Waals surface area contributed by atoms with Crippen LogP contribution in [0.4, 0.5) is 5.69 Å². The van der Waals surface area contributed by atoms with Gasteiger partial charge in [-0.2, -0.15) is 0 Å². The van der Waals surface area contributed by atoms with E-state index in [0.717, 1.165) is 5.69 Å². The van der Waals surface area contributed by atoms with Crippen molar-refractivity contribution in [3.05, 3.63) is 30.3 Å². The fourth-order valence-electron chi connectivity index (χ4n) is 3.75. The second kappa shape index (κ2) is 8.52. The van der Waals surface area contributed by atoms with Crippen molar-refractivity contribution in [2.45, 2.75) is 38.8 Å². The number of rotatable bonds is 6. The van der Waals surface area contributed by atoms with Gasteiger partial charge in [0.2, 0.25) is 17.7 Å². The Morgan fingerprint density at radius 2 is 1.86 bits per heavy atom. The van der Waals surface area contributed by atoms with Gasteiger partial charge in [0.1, 0.15) is 6.04 Å². The van der Waals surface area contributed by atoms with Gasteiger partial charge in [0.05, 0.1) is 17.4 Å². The minimum Gasteiger partial charge on any atom is -0.351 e. The average Bonchev–Trinajstić information content (AvgIpc) is 3.21. The molecule has 0 aliphatic carbocycles. The highest BCUT2D eigenvalue weighted by molar-refractivity contribution is 7.91. The molecular weight excluding hydrogens is 394 g/mol. The van der Waals surface area contributed by atoms with E-state index in [1.807, 2.05) is 44.2 Å². The van der Waals surface area contributed by atoms with E-state index in [1.165, 1.54) is 0 Å². The van der Waals surface area contributed by atoms with Crippen molar-refractivity contribution in [2.24, 2.45) is 11.8 Å². The summed E-state index contributed by atoms with van der Waals surface area (Å²) in [5.74, 6) is -1.58. The monoisotopic (exact) mass is 421 g/mol. The van der Waals surface area contributed by atoms with Crippen molar-refractivity contribution in [3.8, 4) is 0 Å².